The van der Waals surface area contributed by atoms with E-state index in [-0.39, 0.29) is 5.92 Å². The summed E-state index contributed by atoms with van der Waals surface area (Å²) in [6.07, 6.45) is 4.35. The zero-order chi connectivity index (χ0) is 13.9. The predicted octanol–water partition coefficient (Wildman–Crippen LogP) is 0.798. The summed E-state index contributed by atoms with van der Waals surface area (Å²) in [4.78, 5) is 13.8. The van der Waals surface area contributed by atoms with Gasteiger partial charge in [0, 0.05) is 19.7 Å². The number of likely N-dealkylation sites (N-methyl/N-ethyl adjacent to an activating group) is 2. The van der Waals surface area contributed by atoms with Crippen LogP contribution in [-0.2, 0) is 9.53 Å². The lowest BCUT2D eigenvalue weighted by Crippen LogP contribution is -2.59. The number of hydrogen-bond donors (Lipinski definition) is 2. The highest BCUT2D eigenvalue weighted by atomic mass is 16.5. The first kappa shape index (κ1) is 14.8. The van der Waals surface area contributed by atoms with E-state index in [9.17, 15) is 9.90 Å². The van der Waals surface area contributed by atoms with E-state index < -0.39 is 11.5 Å². The van der Waals surface area contributed by atoms with E-state index in [0.717, 1.165) is 39.0 Å². The van der Waals surface area contributed by atoms with Gasteiger partial charge in [-0.05, 0) is 51.6 Å². The van der Waals surface area contributed by atoms with Crippen LogP contribution in [0.15, 0.2) is 0 Å². The van der Waals surface area contributed by atoms with Gasteiger partial charge in [-0.15, -0.1) is 0 Å². The first-order chi connectivity index (χ1) is 9.08. The van der Waals surface area contributed by atoms with Crippen LogP contribution in [0.25, 0.3) is 0 Å². The molecule has 0 aromatic rings. The van der Waals surface area contributed by atoms with Crippen LogP contribution in [0.1, 0.15) is 25.7 Å². The summed E-state index contributed by atoms with van der Waals surface area (Å²) in [5.41, 5.74) is -0.774. The number of ether oxygens (including phenoxy) is 1. The normalized spacial score (nSPS) is 27.2. The van der Waals surface area contributed by atoms with Crippen molar-refractivity contribution in [3.05, 3.63) is 0 Å². The molecule has 1 saturated carbocycles. The molecular weight excluding hydrogens is 244 g/mol. The molecule has 19 heavy (non-hydrogen) atoms. The molecule has 5 heteroatoms. The van der Waals surface area contributed by atoms with Gasteiger partial charge in [0.25, 0.3) is 0 Å². The molecule has 1 aliphatic carbocycles. The molecule has 2 aliphatic rings. The van der Waals surface area contributed by atoms with Gasteiger partial charge >= 0.3 is 5.97 Å². The van der Waals surface area contributed by atoms with Gasteiger partial charge in [0.05, 0.1) is 6.61 Å². The Morgan fingerprint density at radius 3 is 2.68 bits per heavy atom. The van der Waals surface area contributed by atoms with Gasteiger partial charge < -0.3 is 20.1 Å². The number of carboxylic acids is 1. The maximum Gasteiger partial charge on any atom is 0.325 e. The maximum absolute atomic E-state index is 11.6. The molecule has 1 saturated heterocycles. The van der Waals surface area contributed by atoms with Crippen molar-refractivity contribution in [2.24, 2.45) is 11.8 Å². The number of carboxylic acid groups (broad SMARTS) is 1. The minimum Gasteiger partial charge on any atom is -0.480 e. The second-order valence-electron chi connectivity index (χ2n) is 6.08. The van der Waals surface area contributed by atoms with Crippen molar-refractivity contribution in [3.63, 3.8) is 0 Å². The Balaban J connectivity index is 1.90. The summed E-state index contributed by atoms with van der Waals surface area (Å²) in [7, 11) is 3.79. The lowest BCUT2D eigenvalue weighted by atomic mass is 9.92. The molecule has 1 aliphatic heterocycles. The Morgan fingerprint density at radius 2 is 2.21 bits per heavy atom. The third-order valence-electron chi connectivity index (χ3n) is 4.45. The average Bonchev–Trinajstić information content (AvgIpc) is 3.21. The molecule has 0 amide bonds. The molecule has 2 N–H and O–H groups in total. The Kier molecular flexibility index (Phi) is 4.81. The molecule has 0 aromatic carbocycles. The summed E-state index contributed by atoms with van der Waals surface area (Å²) in [5, 5.41) is 12.6. The van der Waals surface area contributed by atoms with Gasteiger partial charge in [-0.3, -0.25) is 4.79 Å². The van der Waals surface area contributed by atoms with E-state index in [4.69, 9.17) is 4.74 Å². The molecule has 2 atom stereocenters. The minimum absolute atomic E-state index is 0.278. The summed E-state index contributed by atoms with van der Waals surface area (Å²) in [5.74, 6) is 0.102. The summed E-state index contributed by atoms with van der Waals surface area (Å²) < 4.78 is 5.49. The molecule has 2 rings (SSSR count). The van der Waals surface area contributed by atoms with Crippen molar-refractivity contribution in [3.8, 4) is 0 Å². The highest BCUT2D eigenvalue weighted by Gasteiger charge is 2.50. The fraction of sp³-hybridized carbons (Fsp3) is 0.929. The maximum atomic E-state index is 11.6. The second-order valence-corrected chi connectivity index (χ2v) is 6.08. The summed E-state index contributed by atoms with van der Waals surface area (Å²) in [6.45, 7) is 3.18. The van der Waals surface area contributed by atoms with Crippen LogP contribution in [0.4, 0.5) is 0 Å². The van der Waals surface area contributed by atoms with E-state index in [2.05, 4.69) is 10.2 Å². The minimum atomic E-state index is -0.774. The Morgan fingerprint density at radius 1 is 1.47 bits per heavy atom. The molecular formula is C14H26N2O3. The van der Waals surface area contributed by atoms with Gasteiger partial charge in [-0.25, -0.2) is 0 Å². The van der Waals surface area contributed by atoms with Crippen LogP contribution in [0, 0.1) is 11.8 Å². The monoisotopic (exact) mass is 270 g/mol. The molecule has 0 radical (unpaired) electrons. The van der Waals surface area contributed by atoms with Crippen molar-refractivity contribution in [1.82, 2.24) is 10.2 Å². The highest BCUT2D eigenvalue weighted by Crippen LogP contribution is 2.40. The van der Waals surface area contributed by atoms with Gasteiger partial charge in [0.15, 0.2) is 0 Å². The van der Waals surface area contributed by atoms with Crippen LogP contribution < -0.4 is 5.32 Å². The fourth-order valence-electron chi connectivity index (χ4n) is 3.22. The van der Waals surface area contributed by atoms with E-state index in [1.54, 1.807) is 7.05 Å². The van der Waals surface area contributed by atoms with Crippen LogP contribution in [-0.4, -0.2) is 61.9 Å². The van der Waals surface area contributed by atoms with Crippen LogP contribution in [0.3, 0.4) is 0 Å². The van der Waals surface area contributed by atoms with Gasteiger partial charge in [0.1, 0.15) is 5.54 Å². The molecule has 2 fully saturated rings. The first-order valence-corrected chi connectivity index (χ1v) is 7.27. The smallest absolute Gasteiger partial charge is 0.325 e. The molecule has 0 aromatic heterocycles. The van der Waals surface area contributed by atoms with Gasteiger partial charge in [-0.2, -0.15) is 0 Å². The van der Waals surface area contributed by atoms with Crippen LogP contribution in [0.5, 0.6) is 0 Å². The zero-order valence-electron chi connectivity index (χ0n) is 12.0. The van der Waals surface area contributed by atoms with Gasteiger partial charge in [0.2, 0.25) is 0 Å². The van der Waals surface area contributed by atoms with Crippen molar-refractivity contribution >= 4 is 5.97 Å². The number of carbonyl (C=O) groups is 1. The molecule has 1 heterocycles. The Labute approximate surface area is 115 Å². The molecule has 0 bridgehead atoms. The third-order valence-corrected chi connectivity index (χ3v) is 4.45. The lowest BCUT2D eigenvalue weighted by molar-refractivity contribution is -0.146. The number of nitrogens with one attached hydrogen (secondary N) is 1. The average molecular weight is 270 g/mol. The number of nitrogens with zero attached hydrogens (tertiary/aromatic N) is 1. The predicted molar refractivity (Wildman–Crippen MR) is 73.2 cm³/mol. The van der Waals surface area contributed by atoms with E-state index in [1.807, 2.05) is 7.05 Å². The Hall–Kier alpha value is -0.650. The van der Waals surface area contributed by atoms with Crippen LogP contribution in [0.2, 0.25) is 0 Å². The van der Waals surface area contributed by atoms with Crippen LogP contribution >= 0.6 is 0 Å². The van der Waals surface area contributed by atoms with Gasteiger partial charge in [-0.1, -0.05) is 0 Å². The SMILES string of the molecule is CNC(CN(C)CC1CCCOC1)(C(=O)O)C1CC1. The molecule has 2 unspecified atom stereocenters. The van der Waals surface area contributed by atoms with Crippen molar-refractivity contribution in [2.45, 2.75) is 31.2 Å². The standard InChI is InChI=1S/C14H26N2O3/c1-15-14(13(17)18,12-5-6-12)10-16(2)8-11-4-3-7-19-9-11/h11-12,15H,3-10H2,1-2H3,(H,17,18). The topological polar surface area (TPSA) is 61.8 Å². The van der Waals surface area contributed by atoms with Crippen molar-refractivity contribution in [1.29, 1.82) is 0 Å². The molecule has 110 valence electrons. The second kappa shape index (κ2) is 6.20. The zero-order valence-corrected chi connectivity index (χ0v) is 12.0. The number of aliphatic carboxylic acids is 1. The molecule has 5 nitrogen and oxygen atoms in total. The number of rotatable bonds is 7. The fourth-order valence-corrected chi connectivity index (χ4v) is 3.22. The summed E-state index contributed by atoms with van der Waals surface area (Å²) in [6, 6.07) is 0. The van der Waals surface area contributed by atoms with Crippen molar-refractivity contribution in [2.75, 3.05) is 40.4 Å². The summed E-state index contributed by atoms with van der Waals surface area (Å²) >= 11 is 0. The largest absolute Gasteiger partial charge is 0.480 e. The lowest BCUT2D eigenvalue weighted by Gasteiger charge is -2.35. The highest BCUT2D eigenvalue weighted by molar-refractivity contribution is 5.80. The van der Waals surface area contributed by atoms with Crippen molar-refractivity contribution < 1.29 is 14.6 Å². The van der Waals surface area contributed by atoms with E-state index >= 15 is 0 Å². The Bertz CT molecular complexity index is 314. The van der Waals surface area contributed by atoms with E-state index in [0.29, 0.717) is 12.5 Å². The number of hydrogen-bond acceptors (Lipinski definition) is 4. The molecule has 0 spiro atoms. The third kappa shape index (κ3) is 3.46. The van der Waals surface area contributed by atoms with E-state index in [1.165, 1.54) is 6.42 Å². The first-order valence-electron chi connectivity index (χ1n) is 7.27. The quantitative estimate of drug-likeness (QED) is 0.716.